The van der Waals surface area contributed by atoms with Crippen LogP contribution < -0.4 is 0 Å². The van der Waals surface area contributed by atoms with Crippen LogP contribution in [0, 0.1) is 0 Å². The van der Waals surface area contributed by atoms with E-state index in [0.717, 1.165) is 112 Å². The van der Waals surface area contributed by atoms with E-state index in [1.165, 1.54) is 57.8 Å². The van der Waals surface area contributed by atoms with Gasteiger partial charge in [-0.05, 0) is 154 Å². The van der Waals surface area contributed by atoms with Crippen molar-refractivity contribution in [1.29, 1.82) is 0 Å². The van der Waals surface area contributed by atoms with E-state index in [2.05, 4.69) is 34.6 Å². The minimum absolute atomic E-state index is 0.0660. The zero-order chi connectivity index (χ0) is 76.7. The van der Waals surface area contributed by atoms with Crippen molar-refractivity contribution in [1.82, 2.24) is 0 Å². The van der Waals surface area contributed by atoms with Gasteiger partial charge in [-0.1, -0.05) is 59.3 Å². The predicted octanol–water partition coefficient (Wildman–Crippen LogP) is 12.7. The van der Waals surface area contributed by atoms with Gasteiger partial charge in [-0.15, -0.1) is 58.8 Å². The van der Waals surface area contributed by atoms with Crippen LogP contribution in [-0.4, -0.2) is 283 Å². The van der Waals surface area contributed by atoms with Crippen LogP contribution in [0.1, 0.15) is 226 Å². The molecule has 614 valence electrons. The zero-order valence-electron chi connectivity index (χ0n) is 65.2. The molecule has 15 fully saturated rings. The second-order valence-corrected chi connectivity index (χ2v) is 47.0. The molecule has 5 aliphatic carbocycles. The van der Waals surface area contributed by atoms with Gasteiger partial charge in [0.1, 0.15) is 0 Å². The minimum atomic E-state index is -0.906. The summed E-state index contributed by atoms with van der Waals surface area (Å²) >= 11 is 18.2. The van der Waals surface area contributed by atoms with Gasteiger partial charge in [-0.2, -0.15) is 58.8 Å². The summed E-state index contributed by atoms with van der Waals surface area (Å²) in [5.74, 6) is 4.61. The van der Waals surface area contributed by atoms with Crippen LogP contribution in [0.15, 0.2) is 0 Å². The molecule has 0 aromatic carbocycles. The second-order valence-electron chi connectivity index (χ2n) is 31.7. The average molecular weight is 1670 g/mol. The first-order valence-electron chi connectivity index (χ1n) is 38.5. The van der Waals surface area contributed by atoms with Crippen molar-refractivity contribution in [3.63, 3.8) is 0 Å². The Balaban J connectivity index is 0.000000181. The van der Waals surface area contributed by atoms with Crippen LogP contribution in [0.5, 0.6) is 0 Å². The summed E-state index contributed by atoms with van der Waals surface area (Å²) in [6.07, 6.45) is 19.5. The van der Waals surface area contributed by atoms with E-state index in [-0.39, 0.29) is 42.0 Å². The highest BCUT2D eigenvalue weighted by Crippen LogP contribution is 2.47. The van der Waals surface area contributed by atoms with E-state index < -0.39 is 61.4 Å². The molecule has 15 aliphatic rings. The fraction of sp³-hybridized carbons (Fsp3) is 1.00. The first-order chi connectivity index (χ1) is 48.8. The van der Waals surface area contributed by atoms with Crippen LogP contribution in [-0.2, 0) is 47.4 Å². The molecule has 15 rings (SSSR count). The van der Waals surface area contributed by atoms with E-state index >= 15 is 0 Å². The van der Waals surface area contributed by atoms with Gasteiger partial charge in [0, 0.05) is 89.9 Å². The van der Waals surface area contributed by atoms with Crippen molar-refractivity contribution in [3.8, 4) is 0 Å². The first-order valence-corrected chi connectivity index (χ1v) is 48.5. The molecule has 0 amide bonds. The summed E-state index contributed by atoms with van der Waals surface area (Å²) in [7, 11) is 0. The van der Waals surface area contributed by atoms with Gasteiger partial charge < -0.3 is 98.4 Å². The molecule has 22 atom stereocenters. The highest BCUT2D eigenvalue weighted by molar-refractivity contribution is 8.02. The SMILES string of the molecule is CC1(C)OC(O)CSC1(C)C.CC1(C)SCCOC1O.CC1COC(O)C(C)(C)S1.CC1OC(C)(O)CSC1C.CC1OC(O)C(C)SC1C.OC12CCCC1SCCO2.OC12CCCCC1SCCO2.OC1CSC2CCCC2O1.OC1CSC2CCCCC2O1.OC1OCCSC12CCCCC2. The molecule has 104 heavy (non-hydrogen) atoms. The minimum Gasteiger partial charge on any atom is -0.367 e. The Morgan fingerprint density at radius 2 is 0.923 bits per heavy atom. The summed E-state index contributed by atoms with van der Waals surface area (Å²) in [5.41, 5.74) is -0.241. The predicted molar refractivity (Wildman–Crippen MR) is 439 cm³/mol. The lowest BCUT2D eigenvalue weighted by Crippen LogP contribution is -2.52. The Morgan fingerprint density at radius 3 is 1.42 bits per heavy atom. The molecule has 10 N–H and O–H groups in total. The molecular formula is C74H138O20S10. The number of rotatable bonds is 0. The largest absolute Gasteiger partial charge is 0.367 e. The third-order valence-corrected chi connectivity index (χ3v) is 36.0. The van der Waals surface area contributed by atoms with Gasteiger partial charge >= 0.3 is 0 Å². The fourth-order valence-corrected chi connectivity index (χ4v) is 25.7. The number of aliphatic hydroxyl groups excluding tert-OH is 7. The maximum absolute atomic E-state index is 9.95. The van der Waals surface area contributed by atoms with Crippen molar-refractivity contribution in [3.05, 3.63) is 0 Å². The third-order valence-electron chi connectivity index (χ3n) is 21.3. The molecule has 0 aromatic rings. The molecule has 10 aliphatic heterocycles. The maximum atomic E-state index is 9.95. The molecule has 0 radical (unpaired) electrons. The first kappa shape index (κ1) is 95.5. The van der Waals surface area contributed by atoms with Crippen molar-refractivity contribution in [2.75, 3.05) is 79.1 Å². The number of thioether (sulfide) groups is 10. The van der Waals surface area contributed by atoms with E-state index in [0.29, 0.717) is 80.3 Å². The number of hydrogen-bond donors (Lipinski definition) is 10. The Bertz CT molecular complexity index is 2330. The smallest absolute Gasteiger partial charge is 0.177 e. The molecule has 1 spiro atoms. The standard InChI is InChI=1S/C9H16O2S.2C8H14O2S.C8H16O2S.2C7H12O2S.3C7H14O2S.C6H12O2S/c10-8-9(12-7-6-11-8)4-2-1-3-5-9;9-8-4-2-1-3-7(8)11-6-5-10-8;9-8-5-11-7-4-2-1-3-6(7)10-8;1-7(2)8(3,4)11-5-6(9)10-7;8-7-3-1-2-6(7)10-5-4-9-7;8-7-4-10-6-3-1-2-5(6)9-7;1-5-6(2)10-4-7(3,8)9-5;1-5-4-9-6(8)7(2,3)10-5;1-4-5(2)10-6(3)7(8)9-4;1-6(2)5(7)8-3-4-9-6/h8,10H,1-7H2;7,9H,1-6H2;6-9H,1-5H2;6,9H,5H2,1-4H3;6,8H,1-5H2;5-8H,1-4H2;2*5-6,8H,4H2,1-3H3;4-8H,1-3H3;5,7H,3-4H2,1-2H3. The molecule has 5 saturated carbocycles. The molecule has 10 saturated heterocycles. The number of fused-ring (bicyclic) bond motifs is 4. The summed E-state index contributed by atoms with van der Waals surface area (Å²) in [5, 5.41) is 97.9. The maximum Gasteiger partial charge on any atom is 0.177 e. The summed E-state index contributed by atoms with van der Waals surface area (Å²) in [4.78, 5) is 0. The van der Waals surface area contributed by atoms with Gasteiger partial charge in [-0.3, -0.25) is 0 Å². The Morgan fingerprint density at radius 1 is 0.404 bits per heavy atom. The third kappa shape index (κ3) is 31.3. The lowest BCUT2D eigenvalue weighted by molar-refractivity contribution is -0.216. The lowest BCUT2D eigenvalue weighted by atomic mass is 9.87. The normalized spacial score (nSPS) is 42.6. The summed E-state index contributed by atoms with van der Waals surface area (Å²) in [6, 6.07) is 0. The number of hydrogen-bond acceptors (Lipinski definition) is 30. The Labute approximate surface area is 668 Å². The molecule has 10 heterocycles. The molecule has 30 heteroatoms. The van der Waals surface area contributed by atoms with Gasteiger partial charge in [0.05, 0.1) is 93.0 Å². The van der Waals surface area contributed by atoms with Crippen LogP contribution in [0.25, 0.3) is 0 Å². The molecule has 0 aromatic heterocycles. The van der Waals surface area contributed by atoms with Crippen LogP contribution in [0.3, 0.4) is 0 Å². The van der Waals surface area contributed by atoms with Crippen molar-refractivity contribution >= 4 is 118 Å². The van der Waals surface area contributed by atoms with Crippen molar-refractivity contribution in [2.45, 2.75) is 378 Å². The summed E-state index contributed by atoms with van der Waals surface area (Å²) < 4.78 is 52.9. The van der Waals surface area contributed by atoms with Gasteiger partial charge in [0.2, 0.25) is 0 Å². The van der Waals surface area contributed by atoms with E-state index in [1.807, 2.05) is 121 Å². The van der Waals surface area contributed by atoms with E-state index in [4.69, 9.17) is 52.5 Å². The Hall–Kier alpha value is 2.70. The Kier molecular flexibility index (Phi) is 41.7. The molecule has 0 bridgehead atoms. The highest BCUT2D eigenvalue weighted by Gasteiger charge is 2.48. The van der Waals surface area contributed by atoms with Crippen LogP contribution >= 0.6 is 118 Å². The van der Waals surface area contributed by atoms with Gasteiger partial charge in [0.25, 0.3) is 0 Å². The van der Waals surface area contributed by atoms with E-state index in [9.17, 15) is 46.0 Å². The van der Waals surface area contributed by atoms with Crippen LogP contribution in [0.2, 0.25) is 0 Å². The second kappa shape index (κ2) is 45.4. The highest BCUT2D eigenvalue weighted by atomic mass is 32.2. The zero-order valence-corrected chi connectivity index (χ0v) is 73.4. The summed E-state index contributed by atoms with van der Waals surface area (Å²) in [6.45, 7) is 33.8. The number of ether oxygens (including phenoxy) is 10. The average Bonchev–Trinajstić information content (AvgIpc) is 1.26. The monoisotopic (exact) mass is 1670 g/mol. The van der Waals surface area contributed by atoms with Crippen LogP contribution in [0.4, 0.5) is 0 Å². The van der Waals surface area contributed by atoms with E-state index in [1.54, 1.807) is 65.7 Å². The lowest BCUT2D eigenvalue weighted by Gasteiger charge is -2.46. The van der Waals surface area contributed by atoms with Crippen molar-refractivity contribution < 1.29 is 98.4 Å². The number of aliphatic hydroxyl groups is 10. The fourth-order valence-electron chi connectivity index (χ4n) is 14.0. The topological polar surface area (TPSA) is 295 Å². The van der Waals surface area contributed by atoms with Gasteiger partial charge in [0.15, 0.2) is 61.4 Å². The molecular weight excluding hydrogens is 1530 g/mol. The molecule has 20 nitrogen and oxygen atoms in total. The van der Waals surface area contributed by atoms with Crippen molar-refractivity contribution in [2.24, 2.45) is 0 Å². The molecule has 22 unspecified atom stereocenters. The quantitative estimate of drug-likeness (QED) is 0.108. The van der Waals surface area contributed by atoms with Gasteiger partial charge in [-0.25, -0.2) is 0 Å².